The van der Waals surface area contributed by atoms with Gasteiger partial charge in [-0.05, 0) is 36.4 Å². The van der Waals surface area contributed by atoms with Crippen LogP contribution in [0.4, 0.5) is 5.82 Å². The summed E-state index contributed by atoms with van der Waals surface area (Å²) in [6.07, 6.45) is 2.45. The molecule has 3 aromatic heterocycles. The lowest BCUT2D eigenvalue weighted by molar-refractivity contribution is 0.0736. The van der Waals surface area contributed by atoms with E-state index in [4.69, 9.17) is 4.52 Å². The van der Waals surface area contributed by atoms with E-state index in [1.165, 1.54) is 12.8 Å². The van der Waals surface area contributed by atoms with E-state index >= 15 is 0 Å². The molecule has 4 heterocycles. The highest BCUT2D eigenvalue weighted by atomic mass is 32.1. The molecule has 1 aliphatic heterocycles. The van der Waals surface area contributed by atoms with E-state index < -0.39 is 0 Å². The minimum Gasteiger partial charge on any atom is -0.355 e. The zero-order valence-corrected chi connectivity index (χ0v) is 15.6. The van der Waals surface area contributed by atoms with Gasteiger partial charge in [-0.3, -0.25) is 4.79 Å². The molecule has 1 aliphatic carbocycles. The predicted molar refractivity (Wildman–Crippen MR) is 102 cm³/mol. The molecule has 5 rings (SSSR count). The summed E-state index contributed by atoms with van der Waals surface area (Å²) in [6.45, 7) is 2.73. The van der Waals surface area contributed by atoms with E-state index in [1.807, 2.05) is 28.5 Å². The van der Waals surface area contributed by atoms with Gasteiger partial charge in [0, 0.05) is 38.2 Å². The van der Waals surface area contributed by atoms with Crippen molar-refractivity contribution in [1.29, 1.82) is 0 Å². The SMILES string of the molecule is O=C(c1cc(-c2cccs2)on1)N1CCN(c2ccc(C3CC3)nn2)CC1. The van der Waals surface area contributed by atoms with Gasteiger partial charge < -0.3 is 14.3 Å². The lowest BCUT2D eigenvalue weighted by Gasteiger charge is -2.34. The summed E-state index contributed by atoms with van der Waals surface area (Å²) < 4.78 is 5.33. The van der Waals surface area contributed by atoms with Gasteiger partial charge in [0.05, 0.1) is 10.6 Å². The molecule has 0 spiro atoms. The number of thiophene rings is 1. The molecule has 0 atom stereocenters. The van der Waals surface area contributed by atoms with E-state index in [-0.39, 0.29) is 5.91 Å². The second-order valence-corrected chi connectivity index (χ2v) is 7.87. The van der Waals surface area contributed by atoms with Crippen LogP contribution >= 0.6 is 11.3 Å². The average molecular weight is 381 g/mol. The fourth-order valence-electron chi connectivity index (χ4n) is 3.31. The molecule has 0 aromatic carbocycles. The molecule has 1 saturated carbocycles. The van der Waals surface area contributed by atoms with E-state index in [0.29, 0.717) is 30.5 Å². The number of amides is 1. The minimum atomic E-state index is -0.0867. The highest BCUT2D eigenvalue weighted by Crippen LogP contribution is 2.38. The first-order chi connectivity index (χ1) is 13.3. The number of nitrogens with zero attached hydrogens (tertiary/aromatic N) is 5. The average Bonchev–Trinajstić information content (AvgIpc) is 3.20. The smallest absolute Gasteiger partial charge is 0.276 e. The van der Waals surface area contributed by atoms with Crippen LogP contribution in [0.25, 0.3) is 10.6 Å². The van der Waals surface area contributed by atoms with Crippen LogP contribution in [0.2, 0.25) is 0 Å². The molecule has 0 N–H and O–H groups in total. The van der Waals surface area contributed by atoms with E-state index in [1.54, 1.807) is 17.4 Å². The van der Waals surface area contributed by atoms with Crippen LogP contribution in [0.15, 0.2) is 40.2 Å². The second-order valence-electron chi connectivity index (χ2n) is 6.92. The standard InChI is InChI=1S/C19H19N5O2S/c25-19(15-12-16(26-22-15)17-2-1-11-27-17)24-9-7-23(8-10-24)18-6-5-14(20-21-18)13-3-4-13/h1-2,5-6,11-13H,3-4,7-10H2. The number of aromatic nitrogens is 3. The van der Waals surface area contributed by atoms with Crippen LogP contribution in [0.1, 0.15) is 34.9 Å². The first-order valence-corrected chi connectivity index (χ1v) is 10.0. The highest BCUT2D eigenvalue weighted by Gasteiger charge is 2.27. The molecule has 3 aromatic rings. The number of rotatable bonds is 4. The minimum absolute atomic E-state index is 0.0867. The lowest BCUT2D eigenvalue weighted by Crippen LogP contribution is -2.49. The number of carbonyl (C=O) groups excluding carboxylic acids is 1. The Morgan fingerprint density at radius 1 is 1.11 bits per heavy atom. The summed E-state index contributed by atoms with van der Waals surface area (Å²) in [4.78, 5) is 17.7. The van der Waals surface area contributed by atoms with E-state index in [9.17, 15) is 4.79 Å². The summed E-state index contributed by atoms with van der Waals surface area (Å²) in [5.74, 6) is 2.05. The van der Waals surface area contributed by atoms with Crippen LogP contribution in [0, 0.1) is 0 Å². The van der Waals surface area contributed by atoms with Gasteiger partial charge in [0.2, 0.25) is 0 Å². The van der Waals surface area contributed by atoms with Gasteiger partial charge in [0.25, 0.3) is 5.91 Å². The number of hydrogen-bond acceptors (Lipinski definition) is 7. The van der Waals surface area contributed by atoms with Gasteiger partial charge in [-0.25, -0.2) is 0 Å². The zero-order valence-electron chi connectivity index (χ0n) is 14.7. The first-order valence-electron chi connectivity index (χ1n) is 9.16. The van der Waals surface area contributed by atoms with Gasteiger partial charge in [0.1, 0.15) is 0 Å². The zero-order chi connectivity index (χ0) is 18.2. The molecular formula is C19H19N5O2S. The Kier molecular flexibility index (Phi) is 4.12. The third kappa shape index (κ3) is 3.32. The largest absolute Gasteiger partial charge is 0.355 e. The van der Waals surface area contributed by atoms with Gasteiger partial charge in [-0.15, -0.1) is 16.4 Å². The van der Waals surface area contributed by atoms with Crippen molar-refractivity contribution in [1.82, 2.24) is 20.3 Å². The van der Waals surface area contributed by atoms with Gasteiger partial charge >= 0.3 is 0 Å². The van der Waals surface area contributed by atoms with Crippen LogP contribution in [0.3, 0.4) is 0 Å². The normalized spacial score (nSPS) is 17.3. The number of piperazine rings is 1. The van der Waals surface area contributed by atoms with Crippen molar-refractivity contribution in [3.8, 4) is 10.6 Å². The maximum Gasteiger partial charge on any atom is 0.276 e. The second kappa shape index (κ2) is 6.77. The third-order valence-electron chi connectivity index (χ3n) is 5.05. The van der Waals surface area contributed by atoms with Crippen molar-refractivity contribution in [2.24, 2.45) is 0 Å². The summed E-state index contributed by atoms with van der Waals surface area (Å²) >= 11 is 1.56. The Morgan fingerprint density at radius 2 is 1.96 bits per heavy atom. The molecular weight excluding hydrogens is 362 g/mol. The molecule has 0 bridgehead atoms. The first kappa shape index (κ1) is 16.4. The fraction of sp³-hybridized carbons (Fsp3) is 0.368. The molecule has 0 unspecified atom stereocenters. The van der Waals surface area contributed by atoms with Crippen LogP contribution < -0.4 is 4.90 Å². The van der Waals surface area contributed by atoms with Crippen molar-refractivity contribution < 1.29 is 9.32 Å². The fourth-order valence-corrected chi connectivity index (χ4v) is 3.99. The van der Waals surface area contributed by atoms with Crippen molar-refractivity contribution in [2.45, 2.75) is 18.8 Å². The molecule has 2 fully saturated rings. The Balaban J connectivity index is 1.21. The number of carbonyl (C=O) groups is 1. The van der Waals surface area contributed by atoms with E-state index in [2.05, 4.69) is 26.3 Å². The van der Waals surface area contributed by atoms with Crippen molar-refractivity contribution in [2.75, 3.05) is 31.1 Å². The Morgan fingerprint density at radius 3 is 2.63 bits per heavy atom. The Bertz CT molecular complexity index is 925. The van der Waals surface area contributed by atoms with Crippen molar-refractivity contribution >= 4 is 23.1 Å². The predicted octanol–water partition coefficient (Wildman–Crippen LogP) is 3.03. The maximum absolute atomic E-state index is 12.7. The summed E-state index contributed by atoms with van der Waals surface area (Å²) in [5.41, 5.74) is 1.46. The van der Waals surface area contributed by atoms with Crippen LogP contribution in [-0.2, 0) is 0 Å². The monoisotopic (exact) mass is 381 g/mol. The van der Waals surface area contributed by atoms with Crippen molar-refractivity contribution in [3.05, 3.63) is 47.1 Å². The van der Waals surface area contributed by atoms with Crippen LogP contribution in [-0.4, -0.2) is 52.3 Å². The Hall–Kier alpha value is -2.74. The molecule has 0 radical (unpaired) electrons. The Labute approximate surface area is 160 Å². The van der Waals surface area contributed by atoms with Crippen LogP contribution in [0.5, 0.6) is 0 Å². The van der Waals surface area contributed by atoms with Gasteiger partial charge in [0.15, 0.2) is 17.3 Å². The topological polar surface area (TPSA) is 75.4 Å². The highest BCUT2D eigenvalue weighted by molar-refractivity contribution is 7.13. The third-order valence-corrected chi connectivity index (χ3v) is 5.94. The van der Waals surface area contributed by atoms with Gasteiger partial charge in [-0.1, -0.05) is 11.2 Å². The van der Waals surface area contributed by atoms with Gasteiger partial charge in [-0.2, -0.15) is 5.10 Å². The molecule has 1 amide bonds. The molecule has 1 saturated heterocycles. The molecule has 2 aliphatic rings. The summed E-state index contributed by atoms with van der Waals surface area (Å²) in [6, 6.07) is 9.75. The molecule has 7 nitrogen and oxygen atoms in total. The number of anilines is 1. The number of hydrogen-bond donors (Lipinski definition) is 0. The summed E-state index contributed by atoms with van der Waals surface area (Å²) in [5, 5.41) is 14.7. The maximum atomic E-state index is 12.7. The molecule has 138 valence electrons. The summed E-state index contributed by atoms with van der Waals surface area (Å²) in [7, 11) is 0. The lowest BCUT2D eigenvalue weighted by atomic mass is 10.2. The molecule has 8 heteroatoms. The van der Waals surface area contributed by atoms with Crippen molar-refractivity contribution in [3.63, 3.8) is 0 Å². The molecule has 27 heavy (non-hydrogen) atoms. The quantitative estimate of drug-likeness (QED) is 0.691. The van der Waals surface area contributed by atoms with E-state index in [0.717, 1.165) is 29.5 Å².